The Kier molecular flexibility index (Phi) is 5.53. The molecule has 37 heavy (non-hydrogen) atoms. The van der Waals surface area contributed by atoms with Crippen molar-refractivity contribution < 1.29 is 4.79 Å². The highest BCUT2D eigenvalue weighted by Gasteiger charge is 2.26. The van der Waals surface area contributed by atoms with Gasteiger partial charge in [-0.3, -0.25) is 14.2 Å². The number of fused-ring (bicyclic) bond motifs is 2. The van der Waals surface area contributed by atoms with Gasteiger partial charge in [-0.15, -0.1) is 5.10 Å². The topological polar surface area (TPSA) is 107 Å². The molecule has 1 aliphatic heterocycles. The molecule has 6 rings (SSSR count). The molecule has 184 valence electrons. The molecule has 3 heterocycles. The number of benzene rings is 2. The van der Waals surface area contributed by atoms with Crippen molar-refractivity contribution in [3.8, 4) is 17.5 Å². The van der Waals surface area contributed by atoms with Gasteiger partial charge in [0.15, 0.2) is 5.82 Å². The highest BCUT2D eigenvalue weighted by atomic mass is 16.2. The van der Waals surface area contributed by atoms with Crippen molar-refractivity contribution >= 4 is 34.5 Å². The Morgan fingerprint density at radius 1 is 1.19 bits per heavy atom. The molecule has 1 atom stereocenters. The number of nitrogens with zero attached hydrogens (tertiary/aromatic N) is 3. The Bertz CT molecular complexity index is 1680. The number of aromatic nitrogens is 3. The van der Waals surface area contributed by atoms with E-state index in [1.54, 1.807) is 15.4 Å². The number of para-hydroxylation sites is 1. The fraction of sp³-hybridized carbons (Fsp3) is 0.207. The molecule has 2 aromatic carbocycles. The predicted molar refractivity (Wildman–Crippen MR) is 145 cm³/mol. The SMILES string of the molecule is CC(NC(=O)c1c(N)nn2c1NCC=C2)c1cc2cccc(C#CC3CC3)c2c(=O)n1-c1ccccc1. The second-order valence-corrected chi connectivity index (χ2v) is 9.37. The molecule has 8 heteroatoms. The number of carbonyl (C=O) groups excluding carboxylic acids is 1. The van der Waals surface area contributed by atoms with Crippen LogP contribution in [-0.4, -0.2) is 26.8 Å². The van der Waals surface area contributed by atoms with Crippen molar-refractivity contribution in [3.05, 3.63) is 87.8 Å². The minimum absolute atomic E-state index is 0.136. The average Bonchev–Trinajstić information content (AvgIpc) is 3.67. The van der Waals surface area contributed by atoms with Gasteiger partial charge in [-0.1, -0.05) is 42.2 Å². The van der Waals surface area contributed by atoms with Gasteiger partial charge in [0.25, 0.3) is 11.5 Å². The Labute approximate surface area is 213 Å². The van der Waals surface area contributed by atoms with E-state index in [0.29, 0.717) is 35.0 Å². The molecule has 2 aliphatic rings. The third kappa shape index (κ3) is 4.15. The first-order valence-corrected chi connectivity index (χ1v) is 12.4. The lowest BCUT2D eigenvalue weighted by Gasteiger charge is -2.21. The molecular weight excluding hydrogens is 464 g/mol. The molecule has 8 nitrogen and oxygen atoms in total. The van der Waals surface area contributed by atoms with Gasteiger partial charge in [0, 0.05) is 35.6 Å². The largest absolute Gasteiger partial charge is 0.381 e. The van der Waals surface area contributed by atoms with Gasteiger partial charge in [0.1, 0.15) is 11.4 Å². The molecule has 4 N–H and O–H groups in total. The number of rotatable bonds is 4. The van der Waals surface area contributed by atoms with Crippen LogP contribution in [0.1, 0.15) is 47.4 Å². The third-order valence-electron chi connectivity index (χ3n) is 6.67. The maximum atomic E-state index is 14.0. The van der Waals surface area contributed by atoms with Crippen LogP contribution in [0.5, 0.6) is 0 Å². The Morgan fingerprint density at radius 3 is 2.78 bits per heavy atom. The maximum Gasteiger partial charge on any atom is 0.264 e. The highest BCUT2D eigenvalue weighted by molar-refractivity contribution is 6.04. The van der Waals surface area contributed by atoms with Crippen LogP contribution >= 0.6 is 0 Å². The van der Waals surface area contributed by atoms with Crippen molar-refractivity contribution in [1.29, 1.82) is 0 Å². The van der Waals surface area contributed by atoms with E-state index in [9.17, 15) is 9.59 Å². The molecule has 1 fully saturated rings. The van der Waals surface area contributed by atoms with E-state index in [0.717, 1.165) is 23.8 Å². The second kappa shape index (κ2) is 9.03. The monoisotopic (exact) mass is 490 g/mol. The molecule has 1 amide bonds. The molecule has 1 saturated carbocycles. The number of hydrogen-bond acceptors (Lipinski definition) is 5. The van der Waals surface area contributed by atoms with Crippen LogP contribution in [0, 0.1) is 17.8 Å². The quantitative estimate of drug-likeness (QED) is 0.376. The third-order valence-corrected chi connectivity index (χ3v) is 6.67. The zero-order valence-electron chi connectivity index (χ0n) is 20.4. The Balaban J connectivity index is 1.46. The van der Waals surface area contributed by atoms with Gasteiger partial charge < -0.3 is 16.4 Å². The Hall–Kier alpha value is -4.77. The van der Waals surface area contributed by atoms with Crippen molar-refractivity contribution in [3.63, 3.8) is 0 Å². The summed E-state index contributed by atoms with van der Waals surface area (Å²) < 4.78 is 3.21. The number of nitrogens with one attached hydrogen (secondary N) is 2. The number of anilines is 2. The summed E-state index contributed by atoms with van der Waals surface area (Å²) in [4.78, 5) is 27.4. The lowest BCUT2D eigenvalue weighted by Crippen LogP contribution is -2.33. The van der Waals surface area contributed by atoms with Crippen molar-refractivity contribution in [2.24, 2.45) is 5.92 Å². The van der Waals surface area contributed by atoms with Crippen LogP contribution in [0.15, 0.2) is 65.5 Å². The lowest BCUT2D eigenvalue weighted by atomic mass is 10.0. The fourth-order valence-corrected chi connectivity index (χ4v) is 4.66. The highest BCUT2D eigenvalue weighted by Crippen LogP contribution is 2.29. The van der Waals surface area contributed by atoms with E-state index in [1.807, 2.05) is 67.6 Å². The summed E-state index contributed by atoms with van der Waals surface area (Å²) >= 11 is 0. The van der Waals surface area contributed by atoms with Gasteiger partial charge in [-0.25, -0.2) is 4.68 Å². The summed E-state index contributed by atoms with van der Waals surface area (Å²) in [5.74, 6) is 7.24. The summed E-state index contributed by atoms with van der Waals surface area (Å²) in [7, 11) is 0. The van der Waals surface area contributed by atoms with Crippen molar-refractivity contribution in [1.82, 2.24) is 19.7 Å². The number of amides is 1. The Morgan fingerprint density at radius 2 is 2.00 bits per heavy atom. The maximum absolute atomic E-state index is 14.0. The van der Waals surface area contributed by atoms with Crippen LogP contribution in [0.4, 0.5) is 11.6 Å². The smallest absolute Gasteiger partial charge is 0.264 e. The first-order valence-electron chi connectivity index (χ1n) is 12.4. The molecule has 0 saturated heterocycles. The van der Waals surface area contributed by atoms with Crippen LogP contribution in [0.25, 0.3) is 22.7 Å². The molecule has 4 aromatic rings. The van der Waals surface area contributed by atoms with E-state index in [1.165, 1.54) is 0 Å². The average molecular weight is 491 g/mol. The van der Waals surface area contributed by atoms with Crippen molar-refractivity contribution in [2.75, 3.05) is 17.6 Å². The standard InChI is InChI=1S/C29H26N6O2/c1-18(32-28(36)25-26(30)33-34-16-6-15-31-27(25)34)23-17-21-8-5-7-20(14-13-19-11-12-19)24(21)29(37)35(23)22-9-3-2-4-10-22/h2-10,16-19,31H,11-12,15H2,1H3,(H2,30,33)(H,32,36). The normalized spacial score (nSPS) is 14.8. The molecule has 2 aromatic heterocycles. The number of hydrogen-bond donors (Lipinski definition) is 3. The number of carbonyl (C=O) groups is 1. The molecule has 1 aliphatic carbocycles. The molecular formula is C29H26N6O2. The molecule has 0 bridgehead atoms. The molecule has 1 unspecified atom stereocenters. The van der Waals surface area contributed by atoms with E-state index in [-0.39, 0.29) is 22.8 Å². The van der Waals surface area contributed by atoms with Crippen LogP contribution in [0.3, 0.4) is 0 Å². The lowest BCUT2D eigenvalue weighted by molar-refractivity contribution is 0.0940. The van der Waals surface area contributed by atoms with E-state index in [2.05, 4.69) is 27.6 Å². The zero-order valence-corrected chi connectivity index (χ0v) is 20.4. The summed E-state index contributed by atoms with van der Waals surface area (Å²) in [6.07, 6.45) is 5.89. The number of pyridine rings is 1. The van der Waals surface area contributed by atoms with Gasteiger partial charge in [-0.2, -0.15) is 0 Å². The van der Waals surface area contributed by atoms with Gasteiger partial charge in [-0.05, 0) is 55.5 Å². The van der Waals surface area contributed by atoms with Crippen LogP contribution in [-0.2, 0) is 0 Å². The number of nitrogen functional groups attached to an aromatic ring is 1. The number of nitrogens with two attached hydrogens (primary N) is 1. The summed E-state index contributed by atoms with van der Waals surface area (Å²) in [6, 6.07) is 16.6. The fourth-order valence-electron chi connectivity index (χ4n) is 4.66. The van der Waals surface area contributed by atoms with Gasteiger partial charge >= 0.3 is 0 Å². The van der Waals surface area contributed by atoms with Crippen LogP contribution < -0.4 is 21.9 Å². The van der Waals surface area contributed by atoms with E-state index < -0.39 is 6.04 Å². The first kappa shape index (κ1) is 22.7. The second-order valence-electron chi connectivity index (χ2n) is 9.37. The minimum atomic E-state index is -0.514. The van der Waals surface area contributed by atoms with Crippen LogP contribution in [0.2, 0.25) is 0 Å². The van der Waals surface area contributed by atoms with Gasteiger partial charge in [0.2, 0.25) is 0 Å². The molecule has 0 radical (unpaired) electrons. The summed E-state index contributed by atoms with van der Waals surface area (Å²) in [5.41, 5.74) is 8.29. The predicted octanol–water partition coefficient (Wildman–Crippen LogP) is 3.92. The zero-order chi connectivity index (χ0) is 25.5. The van der Waals surface area contributed by atoms with Crippen molar-refractivity contribution in [2.45, 2.75) is 25.8 Å². The summed E-state index contributed by atoms with van der Waals surface area (Å²) in [5, 5.41) is 11.8. The van der Waals surface area contributed by atoms with E-state index in [4.69, 9.17) is 5.73 Å². The molecule has 0 spiro atoms. The minimum Gasteiger partial charge on any atom is -0.381 e. The van der Waals surface area contributed by atoms with E-state index >= 15 is 0 Å². The summed E-state index contributed by atoms with van der Waals surface area (Å²) in [6.45, 7) is 2.43. The van der Waals surface area contributed by atoms with Gasteiger partial charge in [0.05, 0.1) is 11.4 Å². The first-order chi connectivity index (χ1) is 18.0.